The van der Waals surface area contributed by atoms with Crippen LogP contribution in [0.5, 0.6) is 5.75 Å². The summed E-state index contributed by atoms with van der Waals surface area (Å²) in [5.74, 6) is 2.17. The Labute approximate surface area is 184 Å². The summed E-state index contributed by atoms with van der Waals surface area (Å²) in [6.07, 6.45) is 0. The van der Waals surface area contributed by atoms with Gasteiger partial charge in [0.15, 0.2) is 0 Å². The minimum Gasteiger partial charge on any atom is -0.507 e. The number of phenols is 1. The van der Waals surface area contributed by atoms with Crippen molar-refractivity contribution in [1.29, 1.82) is 0 Å². The summed E-state index contributed by atoms with van der Waals surface area (Å²) in [5.41, 5.74) is 5.98. The van der Waals surface area contributed by atoms with Gasteiger partial charge >= 0.3 is 0 Å². The molecular weight excluding hydrogens is 392 g/mol. The van der Waals surface area contributed by atoms with Crippen LogP contribution in [0.25, 0.3) is 0 Å². The second kappa shape index (κ2) is 9.32. The number of rotatable bonds is 6. The molecule has 0 aliphatic heterocycles. The molecule has 0 radical (unpaired) electrons. The van der Waals surface area contributed by atoms with E-state index in [4.69, 9.17) is 0 Å². The summed E-state index contributed by atoms with van der Waals surface area (Å²) in [5, 5.41) is 10.9. The average Bonchev–Trinajstić information content (AvgIpc) is 2.71. The lowest BCUT2D eigenvalue weighted by molar-refractivity contribution is 0.463. The van der Waals surface area contributed by atoms with E-state index in [0.29, 0.717) is 5.75 Å². The van der Waals surface area contributed by atoms with Crippen LogP contribution in [-0.4, -0.2) is 5.11 Å². The molecule has 0 saturated heterocycles. The van der Waals surface area contributed by atoms with Crippen LogP contribution < -0.4 is 0 Å². The predicted octanol–water partition coefficient (Wildman–Crippen LogP) is 7.89. The molecule has 3 aromatic rings. The fourth-order valence-electron chi connectivity index (χ4n) is 3.73. The molecule has 3 rings (SSSR count). The molecule has 0 fully saturated rings. The molecule has 1 N–H and O–H groups in total. The normalized spacial score (nSPS) is 11.6. The Balaban J connectivity index is 2.02. The number of hydrogen-bond donors (Lipinski definition) is 1. The first-order chi connectivity index (χ1) is 13.8. The zero-order valence-corrected chi connectivity index (χ0v) is 19.6. The van der Waals surface area contributed by atoms with Gasteiger partial charge in [0.2, 0.25) is 0 Å². The molecule has 0 spiro atoms. The van der Waals surface area contributed by atoms with Gasteiger partial charge in [-0.3, -0.25) is 0 Å². The molecule has 0 heterocycles. The van der Waals surface area contributed by atoms with Crippen LogP contribution in [0.3, 0.4) is 0 Å². The van der Waals surface area contributed by atoms with Crippen molar-refractivity contribution in [2.24, 2.45) is 0 Å². The van der Waals surface area contributed by atoms with Crippen molar-refractivity contribution in [3.8, 4) is 5.75 Å². The molecule has 0 atom stereocenters. The van der Waals surface area contributed by atoms with Gasteiger partial charge in [-0.1, -0.05) is 57.2 Å². The maximum absolute atomic E-state index is 10.9. The SMILES string of the molecule is Cc1c(O)c(C)c(CSc2ccccc2)c(C(C)(C)C)c1CSc1ccccc1. The Morgan fingerprint density at radius 1 is 0.690 bits per heavy atom. The van der Waals surface area contributed by atoms with E-state index in [1.165, 1.54) is 26.5 Å². The predicted molar refractivity (Wildman–Crippen MR) is 128 cm³/mol. The molecule has 3 aromatic carbocycles. The molecule has 29 heavy (non-hydrogen) atoms. The number of benzene rings is 3. The lowest BCUT2D eigenvalue weighted by Crippen LogP contribution is -2.19. The number of phenolic OH excluding ortho intramolecular Hbond substituents is 1. The molecule has 3 heteroatoms. The summed E-state index contributed by atoms with van der Waals surface area (Å²) in [6, 6.07) is 21.0. The molecular formula is C26H30OS2. The van der Waals surface area contributed by atoms with Gasteiger partial charge in [0, 0.05) is 21.3 Å². The monoisotopic (exact) mass is 422 g/mol. The van der Waals surface area contributed by atoms with E-state index in [1.54, 1.807) is 0 Å². The molecule has 0 saturated carbocycles. The zero-order valence-electron chi connectivity index (χ0n) is 18.0. The highest BCUT2D eigenvalue weighted by Gasteiger charge is 2.27. The third-order valence-corrected chi connectivity index (χ3v) is 7.30. The van der Waals surface area contributed by atoms with Gasteiger partial charge in [-0.05, 0) is 71.3 Å². The Morgan fingerprint density at radius 2 is 1.07 bits per heavy atom. The second-order valence-corrected chi connectivity index (χ2v) is 10.5. The number of hydrogen-bond acceptors (Lipinski definition) is 3. The van der Waals surface area contributed by atoms with Gasteiger partial charge < -0.3 is 5.11 Å². The van der Waals surface area contributed by atoms with Crippen LogP contribution in [0.4, 0.5) is 0 Å². The smallest absolute Gasteiger partial charge is 0.122 e. The summed E-state index contributed by atoms with van der Waals surface area (Å²) in [4.78, 5) is 2.51. The molecule has 0 amide bonds. The maximum atomic E-state index is 10.9. The largest absolute Gasteiger partial charge is 0.507 e. The van der Waals surface area contributed by atoms with E-state index >= 15 is 0 Å². The zero-order chi connectivity index (χ0) is 21.0. The Bertz CT molecular complexity index is 887. The molecule has 152 valence electrons. The topological polar surface area (TPSA) is 20.2 Å². The van der Waals surface area contributed by atoms with Crippen molar-refractivity contribution < 1.29 is 5.11 Å². The summed E-state index contributed by atoms with van der Waals surface area (Å²) in [7, 11) is 0. The third-order valence-electron chi connectivity index (χ3n) is 5.22. The Morgan fingerprint density at radius 3 is 1.41 bits per heavy atom. The number of thioether (sulfide) groups is 2. The summed E-state index contributed by atoms with van der Waals surface area (Å²) < 4.78 is 0. The van der Waals surface area contributed by atoms with Crippen LogP contribution in [0.15, 0.2) is 70.5 Å². The van der Waals surface area contributed by atoms with Crippen molar-refractivity contribution in [2.45, 2.75) is 61.3 Å². The molecule has 0 unspecified atom stereocenters. The fraction of sp³-hybridized carbons (Fsp3) is 0.308. The maximum Gasteiger partial charge on any atom is 0.122 e. The van der Waals surface area contributed by atoms with Crippen molar-refractivity contribution in [2.75, 3.05) is 0 Å². The van der Waals surface area contributed by atoms with E-state index in [0.717, 1.165) is 22.6 Å². The minimum atomic E-state index is 0.00236. The van der Waals surface area contributed by atoms with Crippen LogP contribution in [0, 0.1) is 13.8 Å². The highest BCUT2D eigenvalue weighted by atomic mass is 32.2. The van der Waals surface area contributed by atoms with Gasteiger partial charge in [-0.25, -0.2) is 0 Å². The standard InChI is InChI=1S/C26H30OS2/c1-18-22(16-28-20-12-8-6-9-13-20)24(26(3,4)5)23(19(2)25(18)27)17-29-21-14-10-7-11-15-21/h6-15,27H,16-17H2,1-5H3. The lowest BCUT2D eigenvalue weighted by atomic mass is 9.78. The number of aromatic hydroxyl groups is 1. The second-order valence-electron chi connectivity index (χ2n) is 8.38. The van der Waals surface area contributed by atoms with E-state index in [-0.39, 0.29) is 5.41 Å². The van der Waals surface area contributed by atoms with E-state index in [1.807, 2.05) is 35.7 Å². The van der Waals surface area contributed by atoms with Gasteiger partial charge in [0.1, 0.15) is 5.75 Å². The van der Waals surface area contributed by atoms with Crippen LogP contribution >= 0.6 is 23.5 Å². The van der Waals surface area contributed by atoms with E-state index in [2.05, 4.69) is 83.1 Å². The molecule has 1 nitrogen and oxygen atoms in total. The van der Waals surface area contributed by atoms with Crippen LogP contribution in [0.2, 0.25) is 0 Å². The summed E-state index contributed by atoms with van der Waals surface area (Å²) >= 11 is 3.68. The van der Waals surface area contributed by atoms with E-state index < -0.39 is 0 Å². The summed E-state index contributed by atoms with van der Waals surface area (Å²) in [6.45, 7) is 11.0. The molecule has 0 aliphatic carbocycles. The van der Waals surface area contributed by atoms with Crippen molar-refractivity contribution in [3.05, 3.63) is 88.5 Å². The molecule has 0 aromatic heterocycles. The van der Waals surface area contributed by atoms with Crippen molar-refractivity contribution >= 4 is 23.5 Å². The Hall–Kier alpha value is -1.84. The molecule has 0 bridgehead atoms. The third kappa shape index (κ3) is 5.21. The van der Waals surface area contributed by atoms with Gasteiger partial charge in [-0.15, -0.1) is 23.5 Å². The first-order valence-electron chi connectivity index (χ1n) is 9.99. The van der Waals surface area contributed by atoms with Gasteiger partial charge in [-0.2, -0.15) is 0 Å². The Kier molecular flexibility index (Phi) is 7.02. The highest BCUT2D eigenvalue weighted by Crippen LogP contribution is 2.43. The van der Waals surface area contributed by atoms with Crippen LogP contribution in [0.1, 0.15) is 48.6 Å². The average molecular weight is 423 g/mol. The molecule has 0 aliphatic rings. The fourth-order valence-corrected chi connectivity index (χ4v) is 5.78. The lowest BCUT2D eigenvalue weighted by Gasteiger charge is -2.30. The first-order valence-corrected chi connectivity index (χ1v) is 12.0. The van der Waals surface area contributed by atoms with Gasteiger partial charge in [0.05, 0.1) is 0 Å². The van der Waals surface area contributed by atoms with Gasteiger partial charge in [0.25, 0.3) is 0 Å². The van der Waals surface area contributed by atoms with E-state index in [9.17, 15) is 5.11 Å². The first kappa shape index (κ1) is 21.9. The quantitative estimate of drug-likeness (QED) is 0.408. The minimum absolute atomic E-state index is 0.00236. The van der Waals surface area contributed by atoms with Crippen molar-refractivity contribution in [3.63, 3.8) is 0 Å². The van der Waals surface area contributed by atoms with Crippen molar-refractivity contribution in [1.82, 2.24) is 0 Å². The highest BCUT2D eigenvalue weighted by molar-refractivity contribution is 7.98. The van der Waals surface area contributed by atoms with Crippen LogP contribution in [-0.2, 0) is 16.9 Å².